The van der Waals surface area contributed by atoms with E-state index >= 15 is 0 Å². The Bertz CT molecular complexity index is 735. The maximum absolute atomic E-state index is 11.2. The molecule has 0 unspecified atom stereocenters. The number of rotatable bonds is 1. The number of fused-ring (bicyclic) bond motifs is 2. The van der Waals surface area contributed by atoms with Gasteiger partial charge >= 0.3 is 5.97 Å². The summed E-state index contributed by atoms with van der Waals surface area (Å²) < 4.78 is 0. The third kappa shape index (κ3) is 2.06. The summed E-state index contributed by atoms with van der Waals surface area (Å²) in [7, 11) is 0. The quantitative estimate of drug-likeness (QED) is 0.525. The summed E-state index contributed by atoms with van der Waals surface area (Å²) in [6.45, 7) is 0. The van der Waals surface area contributed by atoms with E-state index in [0.29, 0.717) is 5.56 Å². The van der Waals surface area contributed by atoms with E-state index < -0.39 is 5.97 Å². The van der Waals surface area contributed by atoms with Crippen molar-refractivity contribution >= 4 is 51.5 Å². The molecule has 18 heavy (non-hydrogen) atoms. The standard InChI is InChI=1S/C15H10O2.HI/c16-15(17)13-7-3-6-12-8-10-4-1-2-5-11(10)9-14(12)13;/h1-9H,(H,16,17);1H. The van der Waals surface area contributed by atoms with Gasteiger partial charge in [0.1, 0.15) is 0 Å². The lowest BCUT2D eigenvalue weighted by Gasteiger charge is -2.05. The van der Waals surface area contributed by atoms with Crippen molar-refractivity contribution in [2.24, 2.45) is 0 Å². The van der Waals surface area contributed by atoms with Crippen molar-refractivity contribution in [1.29, 1.82) is 0 Å². The van der Waals surface area contributed by atoms with Gasteiger partial charge in [-0.05, 0) is 39.7 Å². The normalized spacial score (nSPS) is 10.2. The van der Waals surface area contributed by atoms with Crippen LogP contribution in [-0.4, -0.2) is 11.1 Å². The van der Waals surface area contributed by atoms with Gasteiger partial charge in [0.25, 0.3) is 0 Å². The van der Waals surface area contributed by atoms with Gasteiger partial charge in [-0.2, -0.15) is 0 Å². The minimum absolute atomic E-state index is 0. The lowest BCUT2D eigenvalue weighted by atomic mass is 10.00. The largest absolute Gasteiger partial charge is 0.478 e. The molecule has 0 atom stereocenters. The molecule has 0 saturated carbocycles. The van der Waals surface area contributed by atoms with Crippen LogP contribution in [0.2, 0.25) is 0 Å². The fraction of sp³-hybridized carbons (Fsp3) is 0. The van der Waals surface area contributed by atoms with Crippen molar-refractivity contribution in [3.63, 3.8) is 0 Å². The lowest BCUT2D eigenvalue weighted by Crippen LogP contribution is -1.96. The summed E-state index contributed by atoms with van der Waals surface area (Å²) >= 11 is 0. The summed E-state index contributed by atoms with van der Waals surface area (Å²) in [5, 5.41) is 13.1. The molecular formula is C15H11IO2. The van der Waals surface area contributed by atoms with Crippen LogP contribution in [-0.2, 0) is 0 Å². The van der Waals surface area contributed by atoms with Gasteiger partial charge in [0.15, 0.2) is 0 Å². The lowest BCUT2D eigenvalue weighted by molar-refractivity contribution is 0.0699. The van der Waals surface area contributed by atoms with Crippen molar-refractivity contribution in [1.82, 2.24) is 0 Å². The molecule has 0 saturated heterocycles. The zero-order chi connectivity index (χ0) is 11.8. The van der Waals surface area contributed by atoms with E-state index in [1.165, 1.54) is 0 Å². The zero-order valence-corrected chi connectivity index (χ0v) is 11.8. The molecule has 0 aliphatic carbocycles. The van der Waals surface area contributed by atoms with Crippen molar-refractivity contribution in [3.8, 4) is 0 Å². The highest BCUT2D eigenvalue weighted by molar-refractivity contribution is 14.0. The Morgan fingerprint density at radius 1 is 0.833 bits per heavy atom. The molecule has 3 aromatic carbocycles. The van der Waals surface area contributed by atoms with Gasteiger partial charge in [-0.15, -0.1) is 24.0 Å². The number of carboxylic acid groups (broad SMARTS) is 1. The molecular weight excluding hydrogens is 339 g/mol. The average Bonchev–Trinajstić information content (AvgIpc) is 2.35. The molecule has 90 valence electrons. The molecule has 0 fully saturated rings. The van der Waals surface area contributed by atoms with Crippen LogP contribution in [0, 0.1) is 0 Å². The summed E-state index contributed by atoms with van der Waals surface area (Å²) in [4.78, 5) is 11.2. The highest BCUT2D eigenvalue weighted by atomic mass is 127. The maximum Gasteiger partial charge on any atom is 0.336 e. The summed E-state index contributed by atoms with van der Waals surface area (Å²) in [6, 6.07) is 17.3. The number of hydrogen-bond donors (Lipinski definition) is 1. The monoisotopic (exact) mass is 350 g/mol. The minimum atomic E-state index is -0.883. The zero-order valence-electron chi connectivity index (χ0n) is 9.46. The van der Waals surface area contributed by atoms with Crippen LogP contribution < -0.4 is 0 Å². The molecule has 0 bridgehead atoms. The van der Waals surface area contributed by atoms with Crippen LogP contribution in [0.15, 0.2) is 54.6 Å². The first-order valence-electron chi connectivity index (χ1n) is 5.40. The van der Waals surface area contributed by atoms with E-state index in [-0.39, 0.29) is 24.0 Å². The topological polar surface area (TPSA) is 37.3 Å². The Hall–Kier alpha value is -1.62. The second-order valence-electron chi connectivity index (χ2n) is 4.03. The van der Waals surface area contributed by atoms with Crippen LogP contribution in [0.4, 0.5) is 0 Å². The number of carboxylic acids is 1. The van der Waals surface area contributed by atoms with Crippen LogP contribution in [0.25, 0.3) is 21.5 Å². The Morgan fingerprint density at radius 2 is 1.44 bits per heavy atom. The third-order valence-corrected chi connectivity index (χ3v) is 2.98. The summed E-state index contributed by atoms with van der Waals surface area (Å²) in [5.74, 6) is -0.883. The van der Waals surface area contributed by atoms with Gasteiger partial charge < -0.3 is 5.11 Å². The van der Waals surface area contributed by atoms with Gasteiger partial charge in [-0.1, -0.05) is 36.4 Å². The fourth-order valence-corrected chi connectivity index (χ4v) is 2.15. The molecule has 0 amide bonds. The van der Waals surface area contributed by atoms with Crippen molar-refractivity contribution < 1.29 is 9.90 Å². The Morgan fingerprint density at radius 3 is 2.11 bits per heavy atom. The third-order valence-electron chi connectivity index (χ3n) is 2.98. The highest BCUT2D eigenvalue weighted by Gasteiger charge is 2.08. The van der Waals surface area contributed by atoms with Gasteiger partial charge in [0.05, 0.1) is 5.56 Å². The Kier molecular flexibility index (Phi) is 3.52. The average molecular weight is 350 g/mol. The first-order chi connectivity index (χ1) is 8.25. The fourth-order valence-electron chi connectivity index (χ4n) is 2.15. The van der Waals surface area contributed by atoms with Gasteiger partial charge in [0, 0.05) is 0 Å². The molecule has 3 heteroatoms. The predicted octanol–water partition coefficient (Wildman–Crippen LogP) is 4.31. The Balaban J connectivity index is 0.00000120. The van der Waals surface area contributed by atoms with Gasteiger partial charge in [-0.25, -0.2) is 4.79 Å². The number of carbonyl (C=O) groups is 1. The smallest absolute Gasteiger partial charge is 0.336 e. The van der Waals surface area contributed by atoms with Crippen LogP contribution in [0.5, 0.6) is 0 Å². The first-order valence-corrected chi connectivity index (χ1v) is 5.40. The van der Waals surface area contributed by atoms with Gasteiger partial charge in [-0.3, -0.25) is 0 Å². The maximum atomic E-state index is 11.2. The van der Waals surface area contributed by atoms with E-state index in [4.69, 9.17) is 5.11 Å². The van der Waals surface area contributed by atoms with E-state index in [1.54, 1.807) is 12.1 Å². The number of hydrogen-bond acceptors (Lipinski definition) is 1. The minimum Gasteiger partial charge on any atom is -0.478 e. The molecule has 0 spiro atoms. The molecule has 0 radical (unpaired) electrons. The predicted molar refractivity (Wildman–Crippen MR) is 83.8 cm³/mol. The molecule has 3 rings (SSSR count). The van der Waals surface area contributed by atoms with Crippen molar-refractivity contribution in [2.45, 2.75) is 0 Å². The van der Waals surface area contributed by atoms with E-state index in [9.17, 15) is 4.79 Å². The molecule has 0 aromatic heterocycles. The highest BCUT2D eigenvalue weighted by Crippen LogP contribution is 2.25. The van der Waals surface area contributed by atoms with E-state index in [2.05, 4.69) is 0 Å². The first kappa shape index (κ1) is 12.8. The van der Waals surface area contributed by atoms with Gasteiger partial charge in [0.2, 0.25) is 0 Å². The molecule has 3 aromatic rings. The molecule has 2 nitrogen and oxygen atoms in total. The molecule has 1 N–H and O–H groups in total. The van der Waals surface area contributed by atoms with Crippen LogP contribution in [0.1, 0.15) is 10.4 Å². The van der Waals surface area contributed by atoms with Crippen LogP contribution in [0.3, 0.4) is 0 Å². The van der Waals surface area contributed by atoms with E-state index in [0.717, 1.165) is 21.5 Å². The van der Waals surface area contributed by atoms with Crippen molar-refractivity contribution in [3.05, 3.63) is 60.2 Å². The number of aromatic carboxylic acids is 1. The molecule has 0 aliphatic heterocycles. The second-order valence-corrected chi connectivity index (χ2v) is 4.03. The SMILES string of the molecule is I.O=C(O)c1cccc2cc3ccccc3cc12. The number of halogens is 1. The molecule has 0 aliphatic rings. The summed E-state index contributed by atoms with van der Waals surface area (Å²) in [6.07, 6.45) is 0. The Labute approximate surface area is 121 Å². The summed E-state index contributed by atoms with van der Waals surface area (Å²) in [5.41, 5.74) is 0.355. The molecule has 0 heterocycles. The second kappa shape index (κ2) is 4.94. The van der Waals surface area contributed by atoms with Crippen molar-refractivity contribution in [2.75, 3.05) is 0 Å². The van der Waals surface area contributed by atoms with E-state index in [1.807, 2.05) is 42.5 Å². The van der Waals surface area contributed by atoms with Crippen LogP contribution >= 0.6 is 24.0 Å². The number of benzene rings is 3.